The van der Waals surface area contributed by atoms with Crippen molar-refractivity contribution in [3.63, 3.8) is 0 Å². The lowest BCUT2D eigenvalue weighted by Crippen LogP contribution is -2.44. The molecule has 7 atom stereocenters. The molecule has 0 heterocycles. The molecule has 7 heteroatoms. The first-order valence-corrected chi connectivity index (χ1v) is 9.51. The Hall–Kier alpha value is -1.15. The minimum absolute atomic E-state index is 0.0253. The molecule has 0 radical (unpaired) electrons. The van der Waals surface area contributed by atoms with Crippen LogP contribution in [0.3, 0.4) is 0 Å². The number of rotatable bonds is 2. The maximum atomic E-state index is 11.1. The first kappa shape index (κ1) is 11.5. The van der Waals surface area contributed by atoms with E-state index in [4.69, 9.17) is 11.4 Å². The maximum Gasteiger partial charge on any atom is 0.446 e. The van der Waals surface area contributed by atoms with E-state index in [1.807, 2.05) is 0 Å². The molecule has 1 aromatic rings. The second-order valence-electron chi connectivity index (χ2n) is 7.18. The summed E-state index contributed by atoms with van der Waals surface area (Å²) in [5.41, 5.74) is -0.959. The van der Waals surface area contributed by atoms with Crippen LogP contribution in [0.15, 0.2) is 18.2 Å². The van der Waals surface area contributed by atoms with E-state index in [1.165, 1.54) is 6.07 Å². The van der Waals surface area contributed by atoms with E-state index in [1.54, 1.807) is 6.92 Å². The van der Waals surface area contributed by atoms with Gasteiger partial charge in [0.25, 0.3) is 0 Å². The fourth-order valence-corrected chi connectivity index (χ4v) is 4.95. The molecule has 4 rings (SSSR count). The second-order valence-corrected chi connectivity index (χ2v) is 8.20. The summed E-state index contributed by atoms with van der Waals surface area (Å²) in [4.78, 5) is 0. The summed E-state index contributed by atoms with van der Waals surface area (Å²) >= 11 is 0. The van der Waals surface area contributed by atoms with Crippen molar-refractivity contribution in [3.8, 4) is 5.75 Å². The highest BCUT2D eigenvalue weighted by atomic mass is 32.3. The van der Waals surface area contributed by atoms with Crippen molar-refractivity contribution in [3.05, 3.63) is 29.3 Å². The molecular formula is C18H24O6S. The van der Waals surface area contributed by atoms with Crippen molar-refractivity contribution >= 4 is 10.4 Å². The van der Waals surface area contributed by atoms with Gasteiger partial charge in [-0.15, -0.1) is 0 Å². The minimum atomic E-state index is -5.00. The third kappa shape index (κ3) is 2.77. The van der Waals surface area contributed by atoms with Crippen LogP contribution >= 0.6 is 0 Å². The third-order valence-electron chi connectivity index (χ3n) is 5.89. The van der Waals surface area contributed by atoms with Crippen molar-refractivity contribution in [1.82, 2.24) is 0 Å². The Morgan fingerprint density at radius 1 is 1.44 bits per heavy atom. The lowest BCUT2D eigenvalue weighted by atomic mass is 9.55. The molecule has 0 saturated heterocycles. The highest BCUT2D eigenvalue weighted by molar-refractivity contribution is 7.81. The van der Waals surface area contributed by atoms with Gasteiger partial charge in [0.1, 0.15) is 5.75 Å². The number of hydrogen-bond acceptors (Lipinski definition) is 5. The average Bonchev–Trinajstić information content (AvgIpc) is 2.76. The Morgan fingerprint density at radius 2 is 2.20 bits per heavy atom. The quantitative estimate of drug-likeness (QED) is 0.685. The third-order valence-corrected chi connectivity index (χ3v) is 6.27. The van der Waals surface area contributed by atoms with Gasteiger partial charge in [-0.25, -0.2) is 0 Å². The summed E-state index contributed by atoms with van der Waals surface area (Å²) in [6.45, 7) is 1.61. The molecule has 0 aliphatic heterocycles. The molecule has 1 aromatic carbocycles. The lowest BCUT2D eigenvalue weighted by Gasteiger charge is -2.49. The molecule has 0 spiro atoms. The summed E-state index contributed by atoms with van der Waals surface area (Å²) in [5.74, 6) is -3.40. The Labute approximate surface area is 156 Å². The molecule has 0 amide bonds. The van der Waals surface area contributed by atoms with Crippen molar-refractivity contribution in [2.45, 2.75) is 57.1 Å². The van der Waals surface area contributed by atoms with Crippen LogP contribution in [0.1, 0.15) is 57.9 Å². The van der Waals surface area contributed by atoms with Crippen LogP contribution in [0.4, 0.5) is 0 Å². The molecule has 3 aliphatic carbocycles. The SMILES string of the molecule is [2H]c1cc2c(c([2H])c1OS(=O)(=O)O)C([2H])CC1C3C[C@@]([2H])(O)[C@]([2H])(O)[C@@]3(C)CC[C@]21[2H]. The molecule has 0 aromatic heterocycles. The number of hydrogen-bond donors (Lipinski definition) is 3. The van der Waals surface area contributed by atoms with Gasteiger partial charge in [0, 0.05) is 2.74 Å². The van der Waals surface area contributed by atoms with E-state index >= 15 is 0 Å². The molecule has 3 aliphatic rings. The summed E-state index contributed by atoms with van der Waals surface area (Å²) in [5, 5.41) is 21.2. The van der Waals surface area contributed by atoms with Gasteiger partial charge in [-0.3, -0.25) is 4.55 Å². The smallest absolute Gasteiger partial charge is 0.390 e. The van der Waals surface area contributed by atoms with Gasteiger partial charge in [0.2, 0.25) is 0 Å². The maximum absolute atomic E-state index is 11.1. The van der Waals surface area contributed by atoms with Crippen LogP contribution in [0.5, 0.6) is 5.75 Å². The predicted octanol–water partition coefficient (Wildman–Crippen LogP) is 2.06. The molecule has 0 bridgehead atoms. The van der Waals surface area contributed by atoms with Gasteiger partial charge in [0.15, 0.2) is 0 Å². The minimum Gasteiger partial charge on any atom is -0.390 e. The summed E-state index contributed by atoms with van der Waals surface area (Å²) in [7, 11) is -5.00. The summed E-state index contributed by atoms with van der Waals surface area (Å²) in [6.07, 6.45) is -6.00. The predicted molar refractivity (Wildman–Crippen MR) is 90.6 cm³/mol. The molecule has 3 unspecified atom stereocenters. The van der Waals surface area contributed by atoms with Crippen LogP contribution in [0, 0.1) is 17.3 Å². The van der Waals surface area contributed by atoms with Crippen LogP contribution in [0.25, 0.3) is 0 Å². The Bertz CT molecular complexity index is 1060. The van der Waals surface area contributed by atoms with Crippen LogP contribution in [-0.4, -0.2) is 35.3 Å². The zero-order valence-electron chi connectivity index (χ0n) is 19.6. The first-order valence-electron chi connectivity index (χ1n) is 11.2. The van der Waals surface area contributed by atoms with E-state index in [9.17, 15) is 20.0 Å². The Morgan fingerprint density at radius 3 is 2.92 bits per heavy atom. The Balaban J connectivity index is 1.87. The second kappa shape index (κ2) is 5.67. The van der Waals surface area contributed by atoms with E-state index in [2.05, 4.69) is 4.18 Å². The van der Waals surface area contributed by atoms with Crippen LogP contribution in [0.2, 0.25) is 0 Å². The summed E-state index contributed by atoms with van der Waals surface area (Å²) < 4.78 is 86.2. The molecule has 2 fully saturated rings. The van der Waals surface area contributed by atoms with Crippen molar-refractivity contribution in [2.75, 3.05) is 0 Å². The summed E-state index contributed by atoms with van der Waals surface area (Å²) in [6, 6.07) is 0.0833. The van der Waals surface area contributed by atoms with Crippen LogP contribution < -0.4 is 4.18 Å². The fraction of sp³-hybridized carbons (Fsp3) is 0.667. The Kier molecular flexibility index (Phi) is 2.62. The molecule has 138 valence electrons. The van der Waals surface area contributed by atoms with Gasteiger partial charge in [-0.2, -0.15) is 8.42 Å². The monoisotopic (exact) mass is 374 g/mol. The average molecular weight is 374 g/mol. The lowest BCUT2D eigenvalue weighted by molar-refractivity contribution is -0.0505. The van der Waals surface area contributed by atoms with Gasteiger partial charge < -0.3 is 14.4 Å². The molecule has 3 N–H and O–H groups in total. The molecule has 6 nitrogen and oxygen atoms in total. The van der Waals surface area contributed by atoms with E-state index < -0.39 is 69.9 Å². The van der Waals surface area contributed by atoms with Crippen LogP contribution in [-0.2, 0) is 16.8 Å². The van der Waals surface area contributed by atoms with Crippen molar-refractivity contribution in [2.24, 2.45) is 17.3 Å². The highest BCUT2D eigenvalue weighted by Crippen LogP contribution is 2.60. The van der Waals surface area contributed by atoms with Crippen molar-refractivity contribution in [1.29, 1.82) is 0 Å². The van der Waals surface area contributed by atoms with Gasteiger partial charge in [-0.05, 0) is 78.4 Å². The zero-order chi connectivity index (χ0) is 23.4. The van der Waals surface area contributed by atoms with Crippen molar-refractivity contribution < 1.29 is 35.6 Å². The first-order chi connectivity index (χ1) is 14.0. The topological polar surface area (TPSA) is 104 Å². The standard InChI is InChI=1S/C18H24O6S/c1-18-7-6-13-12-5-3-11(24-25(21,22)23)8-10(12)2-4-14(13)15(18)9-16(19)17(18)20/h3,5,8,13-17,19-20H,2,4,6-7,9H2,1H3,(H,21,22,23)/t13-,14?,15?,16-,17+,18+/m1/s1/i2D,3D,8D,13D,16D,17D/t2?,13-,14?,15?,16-,17+,18+. The van der Waals surface area contributed by atoms with E-state index in [0.717, 1.165) is 0 Å². The highest BCUT2D eigenvalue weighted by Gasteiger charge is 2.57. The van der Waals surface area contributed by atoms with E-state index in [-0.39, 0.29) is 36.8 Å². The number of aliphatic hydroxyl groups is 2. The molecule has 2 saturated carbocycles. The van der Waals surface area contributed by atoms with Gasteiger partial charge in [-0.1, -0.05) is 13.0 Å². The molecular weight excluding hydrogens is 344 g/mol. The number of fused-ring (bicyclic) bond motifs is 5. The number of benzene rings is 1. The zero-order valence-corrected chi connectivity index (χ0v) is 14.4. The normalized spacial score (nSPS) is 55.3. The van der Waals surface area contributed by atoms with E-state index in [0.29, 0.717) is 0 Å². The van der Waals surface area contributed by atoms with Gasteiger partial charge in [0.05, 0.1) is 17.6 Å². The largest absolute Gasteiger partial charge is 0.446 e. The fourth-order valence-electron chi connectivity index (χ4n) is 4.65. The molecule has 25 heavy (non-hydrogen) atoms. The van der Waals surface area contributed by atoms with Gasteiger partial charge >= 0.3 is 10.4 Å².